The number of hydrogen-bond acceptors (Lipinski definition) is 6. The summed E-state index contributed by atoms with van der Waals surface area (Å²) in [5.41, 5.74) is 7.05. The number of aromatic nitrogens is 2. The first-order chi connectivity index (χ1) is 21.5. The largest absolute Gasteiger partial charge is 0.496 e. The first-order valence-corrected chi connectivity index (χ1v) is 14.6. The molecule has 2 N–H and O–H groups in total. The van der Waals surface area contributed by atoms with Crippen LogP contribution in [0, 0.1) is 25.6 Å². The Bertz CT molecular complexity index is 1780. The first kappa shape index (κ1) is 31.4. The van der Waals surface area contributed by atoms with Crippen LogP contribution in [0.2, 0.25) is 0 Å². The van der Waals surface area contributed by atoms with Gasteiger partial charge in [0.2, 0.25) is 11.8 Å². The minimum absolute atomic E-state index is 0.00694. The van der Waals surface area contributed by atoms with E-state index in [1.165, 1.54) is 25.1 Å². The van der Waals surface area contributed by atoms with Crippen molar-refractivity contribution in [3.05, 3.63) is 89.0 Å². The molecule has 0 aliphatic carbocycles. The van der Waals surface area contributed by atoms with Crippen LogP contribution in [0.3, 0.4) is 0 Å². The number of nitrogens with zero attached hydrogens (tertiary/aromatic N) is 4. The molecule has 11 heteroatoms. The second-order valence-electron chi connectivity index (χ2n) is 11.2. The molecule has 10 nitrogen and oxygen atoms in total. The van der Waals surface area contributed by atoms with Gasteiger partial charge in [-0.2, -0.15) is 5.10 Å². The zero-order valence-corrected chi connectivity index (χ0v) is 26.3. The molecule has 0 spiro atoms. The average molecular weight is 613 g/mol. The molecule has 4 amide bonds. The van der Waals surface area contributed by atoms with Gasteiger partial charge in [0.25, 0.3) is 0 Å². The summed E-state index contributed by atoms with van der Waals surface area (Å²) in [6.45, 7) is 4.70. The van der Waals surface area contributed by atoms with E-state index in [1.54, 1.807) is 24.0 Å². The average Bonchev–Trinajstić information content (AvgIpc) is 3.43. The Morgan fingerprint density at radius 3 is 2.36 bits per heavy atom. The summed E-state index contributed by atoms with van der Waals surface area (Å²) in [6.07, 6.45) is 1.72. The first-order valence-electron chi connectivity index (χ1n) is 14.6. The lowest BCUT2D eigenvalue weighted by atomic mass is 9.90. The van der Waals surface area contributed by atoms with Gasteiger partial charge in [0.05, 0.1) is 12.8 Å². The zero-order chi connectivity index (χ0) is 32.4. The smallest absolute Gasteiger partial charge is 0.326 e. The van der Waals surface area contributed by atoms with E-state index in [0.717, 1.165) is 38.4 Å². The van der Waals surface area contributed by atoms with Crippen LogP contribution in [-0.2, 0) is 29.7 Å². The van der Waals surface area contributed by atoms with Gasteiger partial charge in [-0.05, 0) is 71.5 Å². The van der Waals surface area contributed by atoms with Crippen molar-refractivity contribution in [3.8, 4) is 28.0 Å². The molecule has 45 heavy (non-hydrogen) atoms. The Morgan fingerprint density at radius 2 is 1.67 bits per heavy atom. The molecule has 1 aliphatic rings. The molecule has 1 unspecified atom stereocenters. The normalized spacial score (nSPS) is 15.0. The summed E-state index contributed by atoms with van der Waals surface area (Å²) in [6, 6.07) is 16.3. The van der Waals surface area contributed by atoms with E-state index < -0.39 is 23.8 Å². The van der Waals surface area contributed by atoms with Gasteiger partial charge in [0.1, 0.15) is 17.5 Å². The molecule has 3 aromatic carbocycles. The fraction of sp³-hybridized carbons (Fsp3) is 0.294. The molecule has 0 radical (unpaired) electrons. The highest BCUT2D eigenvalue weighted by Crippen LogP contribution is 2.38. The van der Waals surface area contributed by atoms with Crippen molar-refractivity contribution < 1.29 is 23.5 Å². The summed E-state index contributed by atoms with van der Waals surface area (Å²) >= 11 is 0. The summed E-state index contributed by atoms with van der Waals surface area (Å²) in [7, 11) is 6.32. The highest BCUT2D eigenvalue weighted by atomic mass is 19.1. The van der Waals surface area contributed by atoms with Crippen molar-refractivity contribution >= 4 is 23.5 Å². The number of carbonyl (C=O) groups excluding carboxylic acids is 3. The fourth-order valence-electron chi connectivity index (χ4n) is 5.74. The summed E-state index contributed by atoms with van der Waals surface area (Å²) in [5.74, 6) is -1.95. The maximum Gasteiger partial charge on any atom is 0.326 e. The zero-order valence-electron chi connectivity index (χ0n) is 26.3. The number of amides is 4. The van der Waals surface area contributed by atoms with E-state index in [4.69, 9.17) is 4.74 Å². The quantitative estimate of drug-likeness (QED) is 0.261. The summed E-state index contributed by atoms with van der Waals surface area (Å²) in [5, 5.41) is 10.3. The maximum atomic E-state index is 15.5. The van der Waals surface area contributed by atoms with E-state index in [9.17, 15) is 14.4 Å². The molecule has 1 atom stereocenters. The third kappa shape index (κ3) is 6.16. The number of benzene rings is 3. The lowest BCUT2D eigenvalue weighted by Gasteiger charge is -2.33. The number of halogens is 1. The molecule has 5 rings (SSSR count). The number of methoxy groups -OCH3 is 1. The number of carbonyl (C=O) groups is 3. The lowest BCUT2D eigenvalue weighted by Crippen LogP contribution is -2.56. The standard InChI is InChI=1S/C34H37FN6O4/c1-20-24(22-15-29(35)27(31(16-22)45-6)18-36-17-23-13-14-37-41(23)5)9-7-10-25(20)26-11-8-12-30(21(26)2)38-32(42)28-19-39(3)34(44)40(4)33(28)43/h7-16,28,36H,17-19H2,1-6H3,(H,38,42). The second-order valence-corrected chi connectivity index (χ2v) is 11.2. The van der Waals surface area contributed by atoms with Gasteiger partial charge in [-0.3, -0.25) is 19.2 Å². The van der Waals surface area contributed by atoms with Crippen LogP contribution in [0.5, 0.6) is 5.75 Å². The Balaban J connectivity index is 1.40. The minimum atomic E-state index is -1.01. The Hall–Kier alpha value is -5.03. The van der Waals surface area contributed by atoms with E-state index in [0.29, 0.717) is 29.1 Å². The van der Waals surface area contributed by atoms with Gasteiger partial charge in [0, 0.05) is 58.2 Å². The minimum Gasteiger partial charge on any atom is -0.496 e. The molecule has 1 aromatic heterocycles. The second kappa shape index (κ2) is 12.9. The third-order valence-corrected chi connectivity index (χ3v) is 8.45. The highest BCUT2D eigenvalue weighted by Gasteiger charge is 2.39. The van der Waals surface area contributed by atoms with Crippen LogP contribution >= 0.6 is 0 Å². The molecular formula is C34H37FN6O4. The van der Waals surface area contributed by atoms with Gasteiger partial charge in [-0.15, -0.1) is 0 Å². The number of rotatable bonds is 9. The number of imide groups is 1. The molecule has 0 saturated carbocycles. The van der Waals surface area contributed by atoms with Crippen molar-refractivity contribution in [2.24, 2.45) is 13.0 Å². The maximum absolute atomic E-state index is 15.5. The number of aryl methyl sites for hydroxylation is 1. The molecule has 1 saturated heterocycles. The molecule has 4 aromatic rings. The van der Waals surface area contributed by atoms with Crippen molar-refractivity contribution in [3.63, 3.8) is 0 Å². The lowest BCUT2D eigenvalue weighted by molar-refractivity contribution is -0.140. The van der Waals surface area contributed by atoms with Crippen molar-refractivity contribution in [2.45, 2.75) is 26.9 Å². The van der Waals surface area contributed by atoms with Crippen molar-refractivity contribution in [2.75, 3.05) is 33.1 Å². The molecule has 234 valence electrons. The van der Waals surface area contributed by atoms with E-state index in [-0.39, 0.29) is 18.9 Å². The predicted molar refractivity (Wildman–Crippen MR) is 170 cm³/mol. The van der Waals surface area contributed by atoms with Gasteiger partial charge in [-0.1, -0.05) is 30.3 Å². The van der Waals surface area contributed by atoms with Crippen molar-refractivity contribution in [1.82, 2.24) is 24.9 Å². The molecule has 2 heterocycles. The fourth-order valence-corrected chi connectivity index (χ4v) is 5.74. The van der Waals surface area contributed by atoms with Crippen LogP contribution < -0.4 is 15.4 Å². The van der Waals surface area contributed by atoms with Crippen LogP contribution in [0.15, 0.2) is 60.8 Å². The van der Waals surface area contributed by atoms with Crippen LogP contribution in [-0.4, -0.2) is 65.2 Å². The van der Waals surface area contributed by atoms with Gasteiger partial charge >= 0.3 is 6.03 Å². The monoisotopic (exact) mass is 612 g/mol. The van der Waals surface area contributed by atoms with Gasteiger partial charge in [-0.25, -0.2) is 9.18 Å². The number of urea groups is 1. The summed E-state index contributed by atoms with van der Waals surface area (Å²) < 4.78 is 22.9. The number of hydrogen-bond donors (Lipinski definition) is 2. The molecule has 0 bridgehead atoms. The molecular weight excluding hydrogens is 575 g/mol. The highest BCUT2D eigenvalue weighted by molar-refractivity contribution is 6.12. The van der Waals surface area contributed by atoms with E-state index in [1.807, 2.05) is 63.4 Å². The topological polar surface area (TPSA) is 109 Å². The van der Waals surface area contributed by atoms with Crippen LogP contribution in [0.25, 0.3) is 22.3 Å². The van der Waals surface area contributed by atoms with Crippen LogP contribution in [0.1, 0.15) is 22.4 Å². The van der Waals surface area contributed by atoms with Crippen molar-refractivity contribution in [1.29, 1.82) is 0 Å². The Morgan fingerprint density at radius 1 is 0.978 bits per heavy atom. The SMILES string of the molecule is COc1cc(-c2cccc(-c3cccc(NC(=O)C4CN(C)C(=O)N(C)C4=O)c3C)c2C)cc(F)c1CNCc1ccnn1C. The van der Waals surface area contributed by atoms with Crippen LogP contribution in [0.4, 0.5) is 14.9 Å². The molecule has 1 aliphatic heterocycles. The Kier molecular flexibility index (Phi) is 9.01. The van der Waals surface area contributed by atoms with E-state index >= 15 is 4.39 Å². The van der Waals surface area contributed by atoms with E-state index in [2.05, 4.69) is 15.7 Å². The molecule has 1 fully saturated rings. The number of anilines is 1. The number of nitrogens with one attached hydrogen (secondary N) is 2. The van der Waals surface area contributed by atoms with Gasteiger partial charge in [0.15, 0.2) is 0 Å². The summed E-state index contributed by atoms with van der Waals surface area (Å²) in [4.78, 5) is 40.3. The Labute approximate surface area is 261 Å². The third-order valence-electron chi connectivity index (χ3n) is 8.45. The predicted octanol–water partition coefficient (Wildman–Crippen LogP) is 4.89. The van der Waals surface area contributed by atoms with Gasteiger partial charge < -0.3 is 20.3 Å². The number of ether oxygens (including phenoxy) is 1.